The summed E-state index contributed by atoms with van der Waals surface area (Å²) in [6, 6.07) is 2.18. The average molecular weight is 249 g/mol. The summed E-state index contributed by atoms with van der Waals surface area (Å²) < 4.78 is 5.66. The van der Waals surface area contributed by atoms with E-state index in [0.29, 0.717) is 6.04 Å². The molecule has 0 atom stereocenters. The number of nitrogens with one attached hydrogen (secondary N) is 1. The molecular formula is C14H23N3O. The van der Waals surface area contributed by atoms with E-state index in [9.17, 15) is 0 Å². The Morgan fingerprint density at radius 3 is 2.78 bits per heavy atom. The molecule has 2 aliphatic carbocycles. The Balaban J connectivity index is 1.61. The molecule has 0 bridgehead atoms. The van der Waals surface area contributed by atoms with Gasteiger partial charge >= 0.3 is 0 Å². The summed E-state index contributed by atoms with van der Waals surface area (Å²) in [4.78, 5) is 6.95. The molecule has 0 aliphatic heterocycles. The van der Waals surface area contributed by atoms with Crippen LogP contribution in [0.25, 0.3) is 0 Å². The minimum atomic E-state index is 0.637. The van der Waals surface area contributed by atoms with Crippen LogP contribution in [0, 0.1) is 0 Å². The zero-order chi connectivity index (χ0) is 12.4. The largest absolute Gasteiger partial charge is 0.432 e. The van der Waals surface area contributed by atoms with E-state index in [-0.39, 0.29) is 0 Å². The first-order valence-electron chi connectivity index (χ1n) is 7.31. The summed E-state index contributed by atoms with van der Waals surface area (Å²) in [5, 5.41) is 3.47. The quantitative estimate of drug-likeness (QED) is 0.841. The van der Waals surface area contributed by atoms with Crippen molar-refractivity contribution in [2.24, 2.45) is 0 Å². The van der Waals surface area contributed by atoms with Crippen LogP contribution in [0.3, 0.4) is 0 Å². The van der Waals surface area contributed by atoms with Crippen LogP contribution in [0.15, 0.2) is 10.7 Å². The molecule has 1 aromatic rings. The van der Waals surface area contributed by atoms with Gasteiger partial charge in [0.2, 0.25) is 0 Å². The lowest BCUT2D eigenvalue weighted by Crippen LogP contribution is -2.33. The summed E-state index contributed by atoms with van der Waals surface area (Å²) in [5.41, 5.74) is 1.04. The number of hydrogen-bond donors (Lipinski definition) is 1. The maximum atomic E-state index is 5.66. The van der Waals surface area contributed by atoms with Crippen molar-refractivity contribution >= 4 is 6.01 Å². The van der Waals surface area contributed by atoms with Gasteiger partial charge in [-0.15, -0.1) is 0 Å². The van der Waals surface area contributed by atoms with Crippen LogP contribution in [0.1, 0.15) is 51.1 Å². The number of anilines is 1. The van der Waals surface area contributed by atoms with Crippen molar-refractivity contribution in [3.63, 3.8) is 0 Å². The summed E-state index contributed by atoms with van der Waals surface area (Å²) >= 11 is 0. The second-order valence-corrected chi connectivity index (χ2v) is 5.50. The molecule has 0 unspecified atom stereocenters. The van der Waals surface area contributed by atoms with Gasteiger partial charge in [0.15, 0.2) is 0 Å². The van der Waals surface area contributed by atoms with Crippen molar-refractivity contribution in [3.8, 4) is 0 Å². The summed E-state index contributed by atoms with van der Waals surface area (Å²) in [6.45, 7) is 4.02. The molecule has 0 saturated heterocycles. The highest BCUT2D eigenvalue weighted by molar-refractivity contribution is 5.29. The zero-order valence-electron chi connectivity index (χ0n) is 11.2. The number of hydrogen-bond acceptors (Lipinski definition) is 4. The molecule has 1 aromatic heterocycles. The van der Waals surface area contributed by atoms with Gasteiger partial charge in [-0.1, -0.05) is 12.8 Å². The Bertz CT molecular complexity index is 380. The average Bonchev–Trinajstić information content (AvgIpc) is 2.89. The summed E-state index contributed by atoms with van der Waals surface area (Å²) in [6.07, 6.45) is 9.69. The zero-order valence-corrected chi connectivity index (χ0v) is 11.2. The molecule has 100 valence electrons. The smallest absolute Gasteiger partial charge is 0.297 e. The van der Waals surface area contributed by atoms with Gasteiger partial charge in [0.05, 0.1) is 5.69 Å². The van der Waals surface area contributed by atoms with Crippen LogP contribution in [-0.4, -0.2) is 23.6 Å². The Kier molecular flexibility index (Phi) is 3.55. The van der Waals surface area contributed by atoms with E-state index >= 15 is 0 Å². The van der Waals surface area contributed by atoms with Gasteiger partial charge in [-0.3, -0.25) is 0 Å². The van der Waals surface area contributed by atoms with E-state index in [1.807, 2.05) is 6.26 Å². The SMILES string of the molecule is CCN(c1nc(CNC2CC2)co1)C1CCCC1. The first-order valence-corrected chi connectivity index (χ1v) is 7.31. The fraction of sp³-hybridized carbons (Fsp3) is 0.786. The highest BCUT2D eigenvalue weighted by atomic mass is 16.4. The van der Waals surface area contributed by atoms with Crippen LogP contribution < -0.4 is 10.2 Å². The van der Waals surface area contributed by atoms with Crippen molar-refractivity contribution in [1.82, 2.24) is 10.3 Å². The molecule has 2 saturated carbocycles. The van der Waals surface area contributed by atoms with E-state index in [4.69, 9.17) is 4.42 Å². The standard InChI is InChI=1S/C14H23N3O/c1-2-17(13-5-3-4-6-13)14-16-12(10-18-14)9-15-11-7-8-11/h10-11,13,15H,2-9H2,1H3. The third-order valence-corrected chi connectivity index (χ3v) is 4.04. The summed E-state index contributed by atoms with van der Waals surface area (Å²) in [7, 11) is 0. The Hall–Kier alpha value is -1.03. The Morgan fingerprint density at radius 2 is 2.11 bits per heavy atom. The third-order valence-electron chi connectivity index (χ3n) is 4.04. The molecule has 2 aliphatic rings. The number of rotatable bonds is 6. The lowest BCUT2D eigenvalue weighted by Gasteiger charge is -2.25. The lowest BCUT2D eigenvalue weighted by molar-refractivity contribution is 0.497. The van der Waals surface area contributed by atoms with E-state index in [1.54, 1.807) is 0 Å². The van der Waals surface area contributed by atoms with Gasteiger partial charge in [0.1, 0.15) is 6.26 Å². The Labute approximate surface area is 109 Å². The number of aromatic nitrogens is 1. The molecule has 0 amide bonds. The van der Waals surface area contributed by atoms with Crippen molar-refractivity contribution in [3.05, 3.63) is 12.0 Å². The van der Waals surface area contributed by atoms with Gasteiger partial charge in [-0.2, -0.15) is 4.98 Å². The van der Waals surface area contributed by atoms with Crippen LogP contribution in [-0.2, 0) is 6.54 Å². The van der Waals surface area contributed by atoms with Gasteiger partial charge in [-0.05, 0) is 32.6 Å². The molecule has 0 aromatic carbocycles. The maximum absolute atomic E-state index is 5.66. The van der Waals surface area contributed by atoms with Crippen molar-refractivity contribution in [2.75, 3.05) is 11.4 Å². The minimum Gasteiger partial charge on any atom is -0.432 e. The second kappa shape index (κ2) is 5.31. The van der Waals surface area contributed by atoms with Gasteiger partial charge in [-0.25, -0.2) is 0 Å². The van der Waals surface area contributed by atoms with E-state index in [1.165, 1.54) is 38.5 Å². The number of oxazole rings is 1. The molecule has 4 nitrogen and oxygen atoms in total. The third kappa shape index (κ3) is 2.69. The number of nitrogens with zero attached hydrogens (tertiary/aromatic N) is 2. The lowest BCUT2D eigenvalue weighted by atomic mass is 10.2. The van der Waals surface area contributed by atoms with Crippen molar-refractivity contribution in [2.45, 2.75) is 64.1 Å². The molecule has 1 heterocycles. The predicted molar refractivity (Wildman–Crippen MR) is 71.6 cm³/mol. The molecule has 0 radical (unpaired) electrons. The minimum absolute atomic E-state index is 0.637. The molecule has 4 heteroatoms. The van der Waals surface area contributed by atoms with Crippen molar-refractivity contribution < 1.29 is 4.42 Å². The predicted octanol–water partition coefficient (Wildman–Crippen LogP) is 2.70. The molecular weight excluding hydrogens is 226 g/mol. The van der Waals surface area contributed by atoms with Crippen LogP contribution in [0.5, 0.6) is 0 Å². The summed E-state index contributed by atoms with van der Waals surface area (Å²) in [5.74, 6) is 0. The highest BCUT2D eigenvalue weighted by Gasteiger charge is 2.25. The van der Waals surface area contributed by atoms with E-state index < -0.39 is 0 Å². The molecule has 3 rings (SSSR count). The molecule has 0 spiro atoms. The maximum Gasteiger partial charge on any atom is 0.297 e. The fourth-order valence-electron chi connectivity index (χ4n) is 2.81. The molecule has 18 heavy (non-hydrogen) atoms. The van der Waals surface area contributed by atoms with Crippen molar-refractivity contribution in [1.29, 1.82) is 0 Å². The van der Waals surface area contributed by atoms with Crippen LogP contribution in [0.4, 0.5) is 6.01 Å². The highest BCUT2D eigenvalue weighted by Crippen LogP contribution is 2.27. The van der Waals surface area contributed by atoms with Gasteiger partial charge < -0.3 is 14.6 Å². The Morgan fingerprint density at radius 1 is 1.33 bits per heavy atom. The van der Waals surface area contributed by atoms with E-state index in [0.717, 1.165) is 30.8 Å². The van der Waals surface area contributed by atoms with E-state index in [2.05, 4.69) is 22.1 Å². The second-order valence-electron chi connectivity index (χ2n) is 5.50. The normalized spacial score (nSPS) is 20.5. The monoisotopic (exact) mass is 249 g/mol. The topological polar surface area (TPSA) is 41.3 Å². The van der Waals surface area contributed by atoms with Crippen LogP contribution >= 0.6 is 0 Å². The fourth-order valence-corrected chi connectivity index (χ4v) is 2.81. The first-order chi connectivity index (χ1) is 8.86. The van der Waals surface area contributed by atoms with Crippen LogP contribution in [0.2, 0.25) is 0 Å². The first kappa shape index (κ1) is 12.0. The van der Waals surface area contributed by atoms with Gasteiger partial charge in [0, 0.05) is 25.2 Å². The molecule has 1 N–H and O–H groups in total. The van der Waals surface area contributed by atoms with Gasteiger partial charge in [0.25, 0.3) is 6.01 Å². The molecule has 2 fully saturated rings.